The van der Waals surface area contributed by atoms with Crippen molar-refractivity contribution in [2.45, 2.75) is 26.1 Å². The molecule has 4 rings (SSSR count). The minimum atomic E-state index is -2.61. The molecular formula is C22H23F2N5. The molecule has 1 aromatic heterocycles. The van der Waals surface area contributed by atoms with Gasteiger partial charge in [0.25, 0.3) is 0 Å². The van der Waals surface area contributed by atoms with E-state index in [1.807, 2.05) is 37.3 Å². The van der Waals surface area contributed by atoms with Crippen LogP contribution in [-0.4, -0.2) is 45.5 Å². The standard InChI is InChI=1S/C22H23F2N5/c1-16(21-26-19-4-2-3-5-20(19)29(21)22(23)24)28-12-10-27(11-13-28)15-18-8-6-17(14-25)7-9-18/h2-9,16,22H,10-13,15H2,1H3/t16-/m1/s1. The molecule has 0 N–H and O–H groups in total. The highest BCUT2D eigenvalue weighted by atomic mass is 19.3. The number of nitriles is 1. The Morgan fingerprint density at radius 3 is 2.38 bits per heavy atom. The molecule has 0 radical (unpaired) electrons. The number of rotatable bonds is 5. The molecule has 7 heteroatoms. The molecule has 29 heavy (non-hydrogen) atoms. The van der Waals surface area contributed by atoms with E-state index in [1.54, 1.807) is 18.2 Å². The summed E-state index contributed by atoms with van der Waals surface area (Å²) in [5.74, 6) is 0.418. The van der Waals surface area contributed by atoms with Crippen molar-refractivity contribution in [3.05, 3.63) is 65.5 Å². The summed E-state index contributed by atoms with van der Waals surface area (Å²) in [4.78, 5) is 9.08. The van der Waals surface area contributed by atoms with E-state index >= 15 is 0 Å². The number of halogens is 2. The Kier molecular flexibility index (Phi) is 5.56. The zero-order valence-corrected chi connectivity index (χ0v) is 16.3. The van der Waals surface area contributed by atoms with Crippen LogP contribution in [0.5, 0.6) is 0 Å². The Bertz CT molecular complexity index is 1010. The van der Waals surface area contributed by atoms with Gasteiger partial charge < -0.3 is 0 Å². The molecule has 1 saturated heterocycles. The Hall–Kier alpha value is -2.82. The second-order valence-corrected chi connectivity index (χ2v) is 7.40. The van der Waals surface area contributed by atoms with Gasteiger partial charge >= 0.3 is 6.55 Å². The Balaban J connectivity index is 1.44. The van der Waals surface area contributed by atoms with Crippen LogP contribution < -0.4 is 0 Å². The van der Waals surface area contributed by atoms with Gasteiger partial charge in [0.1, 0.15) is 5.82 Å². The maximum absolute atomic E-state index is 13.8. The van der Waals surface area contributed by atoms with Crippen molar-refractivity contribution in [3.8, 4) is 6.07 Å². The highest BCUT2D eigenvalue weighted by Crippen LogP contribution is 2.29. The normalized spacial score (nSPS) is 16.9. The number of aromatic nitrogens is 2. The summed E-state index contributed by atoms with van der Waals surface area (Å²) in [5.41, 5.74) is 2.91. The highest BCUT2D eigenvalue weighted by Gasteiger charge is 2.28. The molecule has 0 unspecified atom stereocenters. The van der Waals surface area contributed by atoms with Gasteiger partial charge in [0.2, 0.25) is 0 Å². The zero-order valence-electron chi connectivity index (χ0n) is 16.3. The van der Waals surface area contributed by atoms with Gasteiger partial charge in [-0.1, -0.05) is 24.3 Å². The van der Waals surface area contributed by atoms with Crippen LogP contribution in [-0.2, 0) is 6.54 Å². The second-order valence-electron chi connectivity index (χ2n) is 7.40. The van der Waals surface area contributed by atoms with E-state index in [2.05, 4.69) is 20.9 Å². The maximum atomic E-state index is 13.8. The Labute approximate surface area is 168 Å². The van der Waals surface area contributed by atoms with Gasteiger partial charge in [0.15, 0.2) is 0 Å². The van der Waals surface area contributed by atoms with Crippen LogP contribution >= 0.6 is 0 Å². The fourth-order valence-corrected chi connectivity index (χ4v) is 3.98. The maximum Gasteiger partial charge on any atom is 0.320 e. The second kappa shape index (κ2) is 8.27. The molecular weight excluding hydrogens is 372 g/mol. The van der Waals surface area contributed by atoms with Crippen LogP contribution in [0.2, 0.25) is 0 Å². The first-order valence-corrected chi connectivity index (χ1v) is 9.77. The monoisotopic (exact) mass is 395 g/mol. The van der Waals surface area contributed by atoms with E-state index in [-0.39, 0.29) is 6.04 Å². The number of nitrogens with zero attached hydrogens (tertiary/aromatic N) is 5. The lowest BCUT2D eigenvalue weighted by atomic mass is 10.1. The van der Waals surface area contributed by atoms with E-state index in [0.717, 1.165) is 37.3 Å². The average Bonchev–Trinajstić information content (AvgIpc) is 3.14. The number of fused-ring (bicyclic) bond motifs is 1. The number of imidazole rings is 1. The fraction of sp³-hybridized carbons (Fsp3) is 0.364. The molecule has 5 nitrogen and oxygen atoms in total. The van der Waals surface area contributed by atoms with Crippen molar-refractivity contribution in [1.82, 2.24) is 19.4 Å². The van der Waals surface area contributed by atoms with E-state index < -0.39 is 6.55 Å². The van der Waals surface area contributed by atoms with E-state index in [0.29, 0.717) is 22.4 Å². The quantitative estimate of drug-likeness (QED) is 0.650. The summed E-state index contributed by atoms with van der Waals surface area (Å²) < 4.78 is 28.6. The molecule has 0 aliphatic carbocycles. The van der Waals surface area contributed by atoms with Crippen LogP contribution in [0.15, 0.2) is 48.5 Å². The fourth-order valence-electron chi connectivity index (χ4n) is 3.98. The molecule has 0 amide bonds. The van der Waals surface area contributed by atoms with Gasteiger partial charge in [-0.2, -0.15) is 14.0 Å². The van der Waals surface area contributed by atoms with Crippen LogP contribution in [0.3, 0.4) is 0 Å². The van der Waals surface area contributed by atoms with Crippen molar-refractivity contribution in [2.75, 3.05) is 26.2 Å². The first-order chi connectivity index (χ1) is 14.1. The molecule has 1 fully saturated rings. The predicted octanol–water partition coefficient (Wildman–Crippen LogP) is 4.18. The van der Waals surface area contributed by atoms with Gasteiger partial charge in [0, 0.05) is 32.7 Å². The first kappa shape index (κ1) is 19.5. The van der Waals surface area contributed by atoms with Crippen LogP contribution in [0.25, 0.3) is 11.0 Å². The Morgan fingerprint density at radius 2 is 1.72 bits per heavy atom. The Morgan fingerprint density at radius 1 is 1.03 bits per heavy atom. The molecule has 0 saturated carbocycles. The van der Waals surface area contributed by atoms with Crippen molar-refractivity contribution < 1.29 is 8.78 Å². The molecule has 3 aromatic rings. The summed E-state index contributed by atoms with van der Waals surface area (Å²) in [5, 5.41) is 8.91. The molecule has 150 valence electrons. The van der Waals surface area contributed by atoms with E-state index in [9.17, 15) is 8.78 Å². The number of alkyl halides is 2. The highest BCUT2D eigenvalue weighted by molar-refractivity contribution is 5.76. The van der Waals surface area contributed by atoms with Gasteiger partial charge in [-0.25, -0.2) is 4.98 Å². The molecule has 0 bridgehead atoms. The average molecular weight is 395 g/mol. The number of hydrogen-bond acceptors (Lipinski definition) is 4. The third-order valence-electron chi connectivity index (χ3n) is 5.64. The topological polar surface area (TPSA) is 48.1 Å². The summed E-state index contributed by atoms with van der Waals surface area (Å²) in [6.07, 6.45) is 0. The lowest BCUT2D eigenvalue weighted by Gasteiger charge is -2.37. The molecule has 1 aliphatic heterocycles. The summed E-state index contributed by atoms with van der Waals surface area (Å²) in [6.45, 7) is 3.48. The number of piperazine rings is 1. The first-order valence-electron chi connectivity index (χ1n) is 9.77. The number of hydrogen-bond donors (Lipinski definition) is 0. The third kappa shape index (κ3) is 4.00. The van der Waals surface area contributed by atoms with Gasteiger partial charge in [-0.15, -0.1) is 0 Å². The summed E-state index contributed by atoms with van der Waals surface area (Å²) in [7, 11) is 0. The van der Waals surface area contributed by atoms with Crippen LogP contribution in [0, 0.1) is 11.3 Å². The minimum Gasteiger partial charge on any atom is -0.297 e. The van der Waals surface area contributed by atoms with Crippen LogP contribution in [0.1, 0.15) is 36.5 Å². The molecule has 0 spiro atoms. The predicted molar refractivity (Wildman–Crippen MR) is 107 cm³/mol. The number of para-hydroxylation sites is 2. The molecule has 2 aromatic carbocycles. The van der Waals surface area contributed by atoms with Gasteiger partial charge in [-0.05, 0) is 36.8 Å². The van der Waals surface area contributed by atoms with Crippen molar-refractivity contribution in [2.24, 2.45) is 0 Å². The lowest BCUT2D eigenvalue weighted by Crippen LogP contribution is -2.47. The minimum absolute atomic E-state index is 0.187. The van der Waals surface area contributed by atoms with E-state index in [4.69, 9.17) is 5.26 Å². The number of benzene rings is 2. The van der Waals surface area contributed by atoms with Gasteiger partial charge in [-0.3, -0.25) is 14.4 Å². The summed E-state index contributed by atoms with van der Waals surface area (Å²) in [6, 6.07) is 16.6. The SMILES string of the molecule is C[C@H](c1nc2ccccc2n1C(F)F)N1CCN(Cc2ccc(C#N)cc2)CC1. The third-order valence-corrected chi connectivity index (χ3v) is 5.64. The molecule has 2 heterocycles. The van der Waals surface area contributed by atoms with Gasteiger partial charge in [0.05, 0.1) is 28.7 Å². The van der Waals surface area contributed by atoms with Crippen LogP contribution in [0.4, 0.5) is 8.78 Å². The summed E-state index contributed by atoms with van der Waals surface area (Å²) >= 11 is 0. The van der Waals surface area contributed by atoms with E-state index in [1.165, 1.54) is 5.56 Å². The largest absolute Gasteiger partial charge is 0.320 e. The van der Waals surface area contributed by atoms with Crippen molar-refractivity contribution in [3.63, 3.8) is 0 Å². The van der Waals surface area contributed by atoms with Crippen molar-refractivity contribution in [1.29, 1.82) is 5.26 Å². The molecule has 1 aliphatic rings. The lowest BCUT2D eigenvalue weighted by molar-refractivity contribution is 0.0558. The van der Waals surface area contributed by atoms with Crippen molar-refractivity contribution >= 4 is 11.0 Å². The molecule has 1 atom stereocenters. The zero-order chi connectivity index (χ0) is 20.4. The smallest absolute Gasteiger partial charge is 0.297 e.